The van der Waals surface area contributed by atoms with Gasteiger partial charge in [-0.2, -0.15) is 5.10 Å². The van der Waals surface area contributed by atoms with Gasteiger partial charge < -0.3 is 10.6 Å². The molecule has 0 radical (unpaired) electrons. The first-order valence-electron chi connectivity index (χ1n) is 9.17. The molecule has 1 unspecified atom stereocenters. The summed E-state index contributed by atoms with van der Waals surface area (Å²) in [4.78, 5) is 26.8. The average molecular weight is 408 g/mol. The van der Waals surface area contributed by atoms with Gasteiger partial charge in [-0.25, -0.2) is 4.39 Å². The van der Waals surface area contributed by atoms with Gasteiger partial charge in [-0.15, -0.1) is 0 Å². The minimum absolute atomic E-state index is 0.0472. The Morgan fingerprint density at radius 2 is 2.11 bits per heavy atom. The highest BCUT2D eigenvalue weighted by Gasteiger charge is 2.21. The number of benzene rings is 1. The molecule has 0 bridgehead atoms. The van der Waals surface area contributed by atoms with Crippen LogP contribution in [0.5, 0.6) is 0 Å². The SMILES string of the molecule is CC1CCCCN1CC(=O)Nc1ccc(F)c(NC(=O)c2cnn(C)c2Cl)c1. The Labute approximate surface area is 167 Å². The van der Waals surface area contributed by atoms with Crippen LogP contribution in [-0.4, -0.2) is 45.6 Å². The molecule has 1 fully saturated rings. The lowest BCUT2D eigenvalue weighted by Gasteiger charge is -2.32. The highest BCUT2D eigenvalue weighted by Crippen LogP contribution is 2.22. The Hall–Kier alpha value is -2.45. The normalized spacial score (nSPS) is 17.4. The zero-order chi connectivity index (χ0) is 20.3. The maximum Gasteiger partial charge on any atom is 0.260 e. The summed E-state index contributed by atoms with van der Waals surface area (Å²) in [6, 6.07) is 4.40. The lowest BCUT2D eigenvalue weighted by atomic mass is 10.0. The third-order valence-electron chi connectivity index (χ3n) is 4.90. The van der Waals surface area contributed by atoms with Crippen molar-refractivity contribution in [2.24, 2.45) is 7.05 Å². The third-order valence-corrected chi connectivity index (χ3v) is 5.34. The summed E-state index contributed by atoms with van der Waals surface area (Å²) in [7, 11) is 1.60. The van der Waals surface area contributed by atoms with Crippen LogP contribution >= 0.6 is 11.6 Å². The van der Waals surface area contributed by atoms with Gasteiger partial charge >= 0.3 is 0 Å². The van der Waals surface area contributed by atoms with Crippen LogP contribution in [0.1, 0.15) is 36.5 Å². The lowest BCUT2D eigenvalue weighted by molar-refractivity contribution is -0.118. The molecule has 150 valence electrons. The molecule has 1 aliphatic heterocycles. The average Bonchev–Trinajstić information content (AvgIpc) is 2.99. The van der Waals surface area contributed by atoms with Crippen LogP contribution in [0.25, 0.3) is 0 Å². The summed E-state index contributed by atoms with van der Waals surface area (Å²) in [5.74, 6) is -1.37. The van der Waals surface area contributed by atoms with Gasteiger partial charge in [0.2, 0.25) is 5.91 Å². The highest BCUT2D eigenvalue weighted by atomic mass is 35.5. The van der Waals surface area contributed by atoms with Crippen LogP contribution in [0.2, 0.25) is 5.15 Å². The van der Waals surface area contributed by atoms with Gasteiger partial charge in [-0.05, 0) is 44.5 Å². The lowest BCUT2D eigenvalue weighted by Crippen LogP contribution is -2.42. The van der Waals surface area contributed by atoms with E-state index in [0.29, 0.717) is 11.7 Å². The van der Waals surface area contributed by atoms with Crippen LogP contribution in [0.4, 0.5) is 15.8 Å². The largest absolute Gasteiger partial charge is 0.325 e. The maximum absolute atomic E-state index is 14.1. The number of aromatic nitrogens is 2. The number of rotatable bonds is 5. The van der Waals surface area contributed by atoms with Crippen molar-refractivity contribution in [1.29, 1.82) is 0 Å². The van der Waals surface area contributed by atoms with Gasteiger partial charge in [0, 0.05) is 18.8 Å². The van der Waals surface area contributed by atoms with Gasteiger partial charge in [-0.3, -0.25) is 19.2 Å². The number of piperidine rings is 1. The summed E-state index contributed by atoms with van der Waals surface area (Å²) in [5, 5.41) is 9.27. The van der Waals surface area contributed by atoms with Crippen molar-refractivity contribution in [3.8, 4) is 0 Å². The Balaban J connectivity index is 1.66. The minimum atomic E-state index is -0.615. The van der Waals surface area contributed by atoms with Gasteiger partial charge in [0.25, 0.3) is 5.91 Å². The second kappa shape index (κ2) is 8.70. The standard InChI is InChI=1S/C19H23ClFN5O2/c1-12-5-3-4-8-26(12)11-17(27)23-13-6-7-15(21)16(9-13)24-19(28)14-10-22-25(2)18(14)20/h6-7,9-10,12H,3-5,8,11H2,1-2H3,(H,23,27)(H,24,28). The summed E-state index contributed by atoms with van der Waals surface area (Å²) in [5.41, 5.74) is 0.495. The molecule has 1 aromatic carbocycles. The van der Waals surface area contributed by atoms with Gasteiger partial charge in [0.05, 0.1) is 24.0 Å². The molecule has 2 aromatic rings. The highest BCUT2D eigenvalue weighted by molar-refractivity contribution is 6.33. The molecule has 0 saturated carbocycles. The number of aryl methyl sites for hydroxylation is 1. The summed E-state index contributed by atoms with van der Waals surface area (Å²) in [6.07, 6.45) is 4.65. The van der Waals surface area contributed by atoms with Crippen molar-refractivity contribution in [3.05, 3.63) is 40.9 Å². The molecule has 2 heterocycles. The van der Waals surface area contributed by atoms with Crippen molar-refractivity contribution in [1.82, 2.24) is 14.7 Å². The predicted octanol–water partition coefficient (Wildman–Crippen LogP) is 3.28. The number of hydrogen-bond acceptors (Lipinski definition) is 4. The summed E-state index contributed by atoms with van der Waals surface area (Å²) >= 11 is 6.00. The fraction of sp³-hybridized carbons (Fsp3) is 0.421. The Bertz CT molecular complexity index is 885. The number of amides is 2. The second-order valence-electron chi connectivity index (χ2n) is 6.98. The van der Waals surface area contributed by atoms with Crippen molar-refractivity contribution < 1.29 is 14.0 Å². The second-order valence-corrected chi connectivity index (χ2v) is 7.34. The number of carbonyl (C=O) groups excluding carboxylic acids is 2. The molecule has 2 N–H and O–H groups in total. The number of carbonyl (C=O) groups is 2. The van der Waals surface area contributed by atoms with E-state index in [2.05, 4.69) is 27.6 Å². The summed E-state index contributed by atoms with van der Waals surface area (Å²) < 4.78 is 15.5. The minimum Gasteiger partial charge on any atom is -0.325 e. The zero-order valence-electron chi connectivity index (χ0n) is 15.8. The predicted molar refractivity (Wildman–Crippen MR) is 106 cm³/mol. The van der Waals surface area contributed by atoms with Crippen molar-refractivity contribution in [2.45, 2.75) is 32.2 Å². The molecule has 7 nitrogen and oxygen atoms in total. The first-order chi connectivity index (χ1) is 13.3. The smallest absolute Gasteiger partial charge is 0.260 e. The quantitative estimate of drug-likeness (QED) is 0.797. The van der Waals surface area contributed by atoms with Gasteiger partial charge in [-0.1, -0.05) is 18.0 Å². The number of likely N-dealkylation sites (tertiary alicyclic amines) is 1. The van der Waals surface area contributed by atoms with E-state index in [0.717, 1.165) is 19.4 Å². The van der Waals surface area contributed by atoms with E-state index in [4.69, 9.17) is 11.6 Å². The molecule has 1 saturated heterocycles. The molecule has 1 aromatic heterocycles. The number of nitrogens with one attached hydrogen (secondary N) is 2. The molecule has 1 aliphatic rings. The van der Waals surface area contributed by atoms with E-state index in [9.17, 15) is 14.0 Å². The maximum atomic E-state index is 14.1. The molecule has 1 atom stereocenters. The van der Waals surface area contributed by atoms with E-state index < -0.39 is 11.7 Å². The fourth-order valence-corrected chi connectivity index (χ4v) is 3.42. The van der Waals surface area contributed by atoms with Crippen LogP contribution in [0.15, 0.2) is 24.4 Å². The first kappa shape index (κ1) is 20.3. The van der Waals surface area contributed by atoms with E-state index in [1.165, 1.54) is 35.5 Å². The molecular weight excluding hydrogens is 385 g/mol. The third kappa shape index (κ3) is 4.69. The zero-order valence-corrected chi connectivity index (χ0v) is 16.6. The van der Waals surface area contributed by atoms with E-state index in [1.807, 2.05) is 0 Å². The molecule has 28 heavy (non-hydrogen) atoms. The molecular formula is C19H23ClFN5O2. The molecule has 2 amide bonds. The van der Waals surface area contributed by atoms with Crippen molar-refractivity contribution in [3.63, 3.8) is 0 Å². The first-order valence-corrected chi connectivity index (χ1v) is 9.55. The van der Waals surface area contributed by atoms with E-state index in [1.54, 1.807) is 7.05 Å². The molecule has 3 rings (SSSR count). The van der Waals surface area contributed by atoms with Gasteiger partial charge in [0.1, 0.15) is 11.0 Å². The molecule has 0 spiro atoms. The summed E-state index contributed by atoms with van der Waals surface area (Å²) in [6.45, 7) is 3.29. The topological polar surface area (TPSA) is 79.3 Å². The van der Waals surface area contributed by atoms with Crippen LogP contribution in [0.3, 0.4) is 0 Å². The van der Waals surface area contributed by atoms with Crippen LogP contribution in [0, 0.1) is 5.82 Å². The van der Waals surface area contributed by atoms with Crippen LogP contribution in [-0.2, 0) is 11.8 Å². The van der Waals surface area contributed by atoms with Crippen molar-refractivity contribution in [2.75, 3.05) is 23.7 Å². The van der Waals surface area contributed by atoms with E-state index in [-0.39, 0.29) is 28.9 Å². The Kier molecular flexibility index (Phi) is 6.31. The number of nitrogens with zero attached hydrogens (tertiary/aromatic N) is 3. The van der Waals surface area contributed by atoms with Gasteiger partial charge in [0.15, 0.2) is 0 Å². The number of hydrogen-bond donors (Lipinski definition) is 2. The fourth-order valence-electron chi connectivity index (χ4n) is 3.24. The molecule has 9 heteroatoms. The van der Waals surface area contributed by atoms with Crippen LogP contribution < -0.4 is 10.6 Å². The monoisotopic (exact) mass is 407 g/mol. The van der Waals surface area contributed by atoms with E-state index >= 15 is 0 Å². The Morgan fingerprint density at radius 3 is 2.79 bits per heavy atom. The van der Waals surface area contributed by atoms with Crippen molar-refractivity contribution >= 4 is 34.8 Å². The Morgan fingerprint density at radius 1 is 1.32 bits per heavy atom. The number of halogens is 2. The molecule has 0 aliphatic carbocycles. The number of anilines is 2.